The molecule has 1 aliphatic heterocycles. The predicted molar refractivity (Wildman–Crippen MR) is 85.0 cm³/mol. The van der Waals surface area contributed by atoms with Crippen LogP contribution in [0.1, 0.15) is 10.5 Å². The number of benzene rings is 1. The second-order valence-corrected chi connectivity index (χ2v) is 5.31. The van der Waals surface area contributed by atoms with Crippen LogP contribution in [0.3, 0.4) is 0 Å². The van der Waals surface area contributed by atoms with E-state index in [2.05, 4.69) is 15.0 Å². The maximum atomic E-state index is 14.5. The minimum Gasteiger partial charge on any atom is -0.346 e. The molecule has 25 heavy (non-hydrogen) atoms. The second kappa shape index (κ2) is 7.12. The number of rotatable bonds is 6. The summed E-state index contributed by atoms with van der Waals surface area (Å²) in [4.78, 5) is 30.0. The number of azide groups is 1. The van der Waals surface area contributed by atoms with E-state index in [1.165, 1.54) is 29.2 Å². The van der Waals surface area contributed by atoms with Crippen LogP contribution in [0.25, 0.3) is 16.1 Å². The highest BCUT2D eigenvalue weighted by Crippen LogP contribution is 2.27. The van der Waals surface area contributed by atoms with Crippen LogP contribution in [0.2, 0.25) is 0 Å². The SMILES string of the molecule is [N-]=[N+]=NC[C@H]1CN(c2ccc(-n3cnc(C=O)c3)c(F)c2)C(C=O)O1. The molecule has 1 aromatic heterocycles. The molecule has 0 N–H and O–H groups in total. The van der Waals surface area contributed by atoms with E-state index in [0.717, 1.165) is 0 Å². The molecule has 1 saturated heterocycles. The lowest BCUT2D eigenvalue weighted by atomic mass is 10.2. The van der Waals surface area contributed by atoms with Gasteiger partial charge in [-0.3, -0.25) is 9.59 Å². The van der Waals surface area contributed by atoms with Crippen molar-refractivity contribution in [1.29, 1.82) is 0 Å². The number of hydrogen-bond donors (Lipinski definition) is 0. The van der Waals surface area contributed by atoms with Crippen LogP contribution in [0.15, 0.2) is 35.8 Å². The molecule has 1 fully saturated rings. The van der Waals surface area contributed by atoms with Crippen molar-refractivity contribution < 1.29 is 18.7 Å². The van der Waals surface area contributed by atoms with Gasteiger partial charge in [-0.15, -0.1) is 0 Å². The van der Waals surface area contributed by atoms with Gasteiger partial charge in [-0.05, 0) is 23.7 Å². The van der Waals surface area contributed by atoms with Crippen molar-refractivity contribution in [3.63, 3.8) is 0 Å². The molecular formula is C15H13FN6O3. The third-order valence-corrected chi connectivity index (χ3v) is 3.77. The van der Waals surface area contributed by atoms with E-state index in [4.69, 9.17) is 10.3 Å². The average molecular weight is 344 g/mol. The number of aldehydes is 2. The summed E-state index contributed by atoms with van der Waals surface area (Å²) in [7, 11) is 0. The van der Waals surface area contributed by atoms with Crippen LogP contribution in [0.5, 0.6) is 0 Å². The molecule has 0 bridgehead atoms. The molecule has 1 aromatic carbocycles. The van der Waals surface area contributed by atoms with Crippen molar-refractivity contribution >= 4 is 18.3 Å². The molecule has 9 nitrogen and oxygen atoms in total. The van der Waals surface area contributed by atoms with Gasteiger partial charge in [0.2, 0.25) is 0 Å². The third-order valence-electron chi connectivity index (χ3n) is 3.77. The zero-order valence-electron chi connectivity index (χ0n) is 12.9. The summed E-state index contributed by atoms with van der Waals surface area (Å²) in [5.74, 6) is -0.546. The Bertz CT molecular complexity index is 848. The van der Waals surface area contributed by atoms with Gasteiger partial charge in [0.05, 0.1) is 18.3 Å². The summed E-state index contributed by atoms with van der Waals surface area (Å²) >= 11 is 0. The molecule has 0 radical (unpaired) electrons. The Kier molecular flexibility index (Phi) is 4.73. The van der Waals surface area contributed by atoms with Crippen molar-refractivity contribution in [2.75, 3.05) is 18.0 Å². The van der Waals surface area contributed by atoms with Gasteiger partial charge in [0.25, 0.3) is 0 Å². The molecule has 1 unspecified atom stereocenters. The van der Waals surface area contributed by atoms with E-state index in [0.29, 0.717) is 24.8 Å². The van der Waals surface area contributed by atoms with Gasteiger partial charge in [-0.25, -0.2) is 9.37 Å². The molecule has 2 aromatic rings. The number of ether oxygens (including phenoxy) is 1. The maximum absolute atomic E-state index is 14.5. The summed E-state index contributed by atoms with van der Waals surface area (Å²) in [5.41, 5.74) is 9.24. The Morgan fingerprint density at radius 2 is 2.32 bits per heavy atom. The molecule has 0 spiro atoms. The molecule has 128 valence electrons. The first kappa shape index (κ1) is 16.6. The topological polar surface area (TPSA) is 113 Å². The normalized spacial score (nSPS) is 19.5. The van der Waals surface area contributed by atoms with Gasteiger partial charge < -0.3 is 14.2 Å². The van der Waals surface area contributed by atoms with E-state index >= 15 is 0 Å². The van der Waals surface area contributed by atoms with E-state index < -0.39 is 18.1 Å². The second-order valence-electron chi connectivity index (χ2n) is 5.31. The lowest BCUT2D eigenvalue weighted by molar-refractivity contribution is -0.117. The highest BCUT2D eigenvalue weighted by Gasteiger charge is 2.32. The number of hydrogen-bond acceptors (Lipinski definition) is 6. The molecule has 10 heteroatoms. The first-order chi connectivity index (χ1) is 12.2. The summed E-state index contributed by atoms with van der Waals surface area (Å²) in [5, 5.41) is 3.43. The molecule has 0 amide bonds. The van der Waals surface area contributed by atoms with Crippen molar-refractivity contribution in [1.82, 2.24) is 9.55 Å². The Balaban J connectivity index is 1.85. The molecular weight excluding hydrogens is 331 g/mol. The molecule has 0 saturated carbocycles. The smallest absolute Gasteiger partial charge is 0.187 e. The minimum absolute atomic E-state index is 0.0847. The number of carbonyl (C=O) groups excluding carboxylic acids is 2. The van der Waals surface area contributed by atoms with E-state index in [1.807, 2.05) is 0 Å². The minimum atomic E-state index is -0.876. The molecule has 0 aliphatic carbocycles. The van der Waals surface area contributed by atoms with Crippen molar-refractivity contribution in [3.8, 4) is 5.69 Å². The fourth-order valence-corrected chi connectivity index (χ4v) is 2.64. The van der Waals surface area contributed by atoms with Crippen LogP contribution in [-0.4, -0.2) is 47.5 Å². The van der Waals surface area contributed by atoms with Gasteiger partial charge in [0.15, 0.2) is 18.8 Å². The number of halogens is 1. The summed E-state index contributed by atoms with van der Waals surface area (Å²) in [6.07, 6.45) is 2.60. The molecule has 2 atom stereocenters. The number of aromatic nitrogens is 2. The monoisotopic (exact) mass is 344 g/mol. The first-order valence-corrected chi connectivity index (χ1v) is 7.33. The van der Waals surface area contributed by atoms with Gasteiger partial charge >= 0.3 is 0 Å². The summed E-state index contributed by atoms with van der Waals surface area (Å²) in [6.45, 7) is 0.378. The van der Waals surface area contributed by atoms with E-state index in [9.17, 15) is 14.0 Å². The highest BCUT2D eigenvalue weighted by molar-refractivity contribution is 5.71. The Hall–Kier alpha value is -3.23. The zero-order valence-corrected chi connectivity index (χ0v) is 12.9. The first-order valence-electron chi connectivity index (χ1n) is 7.33. The van der Waals surface area contributed by atoms with Crippen LogP contribution in [-0.2, 0) is 9.53 Å². The summed E-state index contributed by atoms with van der Waals surface area (Å²) < 4.78 is 21.3. The molecule has 3 rings (SSSR count). The number of carbonyl (C=O) groups is 2. The third kappa shape index (κ3) is 3.35. The van der Waals surface area contributed by atoms with E-state index in [1.54, 1.807) is 11.0 Å². The number of anilines is 1. The standard InChI is InChI=1S/C15H13FN6O3/c16-13-3-11(1-2-14(13)21-5-10(7-23)18-9-21)22-6-12(4-19-20-17)25-15(22)8-24/h1-3,5,7-9,12,15H,4,6H2/t12-,15?/m0/s1. The lowest BCUT2D eigenvalue weighted by Crippen LogP contribution is -2.31. The highest BCUT2D eigenvalue weighted by atomic mass is 19.1. The maximum Gasteiger partial charge on any atom is 0.187 e. The fraction of sp³-hybridized carbons (Fsp3) is 0.267. The van der Waals surface area contributed by atoms with Crippen LogP contribution >= 0.6 is 0 Å². The number of imidazole rings is 1. The van der Waals surface area contributed by atoms with Crippen molar-refractivity contribution in [2.45, 2.75) is 12.3 Å². The lowest BCUT2D eigenvalue weighted by Gasteiger charge is -2.21. The Morgan fingerprint density at radius 1 is 1.48 bits per heavy atom. The van der Waals surface area contributed by atoms with Gasteiger partial charge in [-0.2, -0.15) is 0 Å². The fourth-order valence-electron chi connectivity index (χ4n) is 2.64. The predicted octanol–water partition coefficient (Wildman–Crippen LogP) is 1.86. The van der Waals surface area contributed by atoms with Gasteiger partial charge in [-0.1, -0.05) is 5.11 Å². The molecule has 1 aliphatic rings. The van der Waals surface area contributed by atoms with Crippen molar-refractivity contribution in [2.24, 2.45) is 5.11 Å². The Labute approximate surface area is 141 Å². The largest absolute Gasteiger partial charge is 0.346 e. The van der Waals surface area contributed by atoms with Crippen LogP contribution in [0, 0.1) is 5.82 Å². The zero-order chi connectivity index (χ0) is 17.8. The Morgan fingerprint density at radius 3 is 2.96 bits per heavy atom. The average Bonchev–Trinajstić information content (AvgIpc) is 3.26. The van der Waals surface area contributed by atoms with Gasteiger partial charge in [0, 0.05) is 23.3 Å². The molecule has 2 heterocycles. The van der Waals surface area contributed by atoms with E-state index in [-0.39, 0.29) is 17.9 Å². The van der Waals surface area contributed by atoms with Crippen LogP contribution in [0.4, 0.5) is 10.1 Å². The summed E-state index contributed by atoms with van der Waals surface area (Å²) in [6, 6.07) is 4.42. The van der Waals surface area contributed by atoms with Crippen molar-refractivity contribution in [3.05, 3.63) is 52.7 Å². The van der Waals surface area contributed by atoms with Gasteiger partial charge in [0.1, 0.15) is 17.8 Å². The number of nitrogens with zero attached hydrogens (tertiary/aromatic N) is 6. The quantitative estimate of drug-likeness (QED) is 0.343. The van der Waals surface area contributed by atoms with Crippen LogP contribution < -0.4 is 4.90 Å².